The van der Waals surface area contributed by atoms with Crippen LogP contribution in [0.15, 0.2) is 65.2 Å². The summed E-state index contributed by atoms with van der Waals surface area (Å²) in [6.07, 6.45) is 3.85. The predicted octanol–water partition coefficient (Wildman–Crippen LogP) is 4.24. The molecule has 0 aromatic heterocycles. The summed E-state index contributed by atoms with van der Waals surface area (Å²) >= 11 is 3.38. The number of halogens is 1. The molecule has 0 atom stereocenters. The molecule has 1 heterocycles. The summed E-state index contributed by atoms with van der Waals surface area (Å²) in [4.78, 5) is 38.7. The molecule has 1 aliphatic rings. The van der Waals surface area contributed by atoms with E-state index in [1.807, 2.05) is 19.1 Å². The van der Waals surface area contributed by atoms with Crippen LogP contribution in [-0.2, 0) is 16.0 Å². The van der Waals surface area contributed by atoms with Crippen LogP contribution in [0.5, 0.6) is 5.75 Å². The standard InChI is InChI=1S/C22H19BrN2O4/c1-3-11-29-19-10-7-16(23)12-15(19)13-18-20(26)24-22(28)25(21(18)27)17-8-5-14(4-2)6-9-17/h3,5-10,12-13H,1,4,11H2,2H3,(H,24,26,28)/b18-13+. The first-order valence-corrected chi connectivity index (χ1v) is 9.77. The minimum absolute atomic E-state index is 0.161. The third kappa shape index (κ3) is 4.46. The fraction of sp³-hybridized carbons (Fsp3) is 0.136. The highest BCUT2D eigenvalue weighted by Gasteiger charge is 2.36. The number of aryl methyl sites for hydroxylation is 1. The van der Waals surface area contributed by atoms with Crippen LogP contribution in [0.3, 0.4) is 0 Å². The van der Waals surface area contributed by atoms with Crippen LogP contribution < -0.4 is 15.0 Å². The third-order valence-corrected chi connectivity index (χ3v) is 4.83. The van der Waals surface area contributed by atoms with Gasteiger partial charge in [0.15, 0.2) is 0 Å². The molecule has 29 heavy (non-hydrogen) atoms. The predicted molar refractivity (Wildman–Crippen MR) is 115 cm³/mol. The first-order valence-electron chi connectivity index (χ1n) is 8.98. The number of urea groups is 1. The Labute approximate surface area is 177 Å². The number of ether oxygens (including phenoxy) is 1. The summed E-state index contributed by atoms with van der Waals surface area (Å²) in [5.74, 6) is -0.967. The molecule has 0 unspecified atom stereocenters. The van der Waals surface area contributed by atoms with Gasteiger partial charge in [-0.05, 0) is 48.4 Å². The van der Waals surface area contributed by atoms with Crippen LogP contribution in [0.2, 0.25) is 0 Å². The Kier molecular flexibility index (Phi) is 6.29. The number of amides is 4. The molecule has 6 nitrogen and oxygen atoms in total. The number of carbonyl (C=O) groups is 3. The first-order chi connectivity index (χ1) is 13.9. The molecule has 0 aliphatic carbocycles. The molecule has 4 amide bonds. The highest BCUT2D eigenvalue weighted by Crippen LogP contribution is 2.28. The van der Waals surface area contributed by atoms with Crippen molar-refractivity contribution < 1.29 is 19.1 Å². The number of anilines is 1. The molecule has 0 saturated carbocycles. The number of hydrogen-bond donors (Lipinski definition) is 1. The molecular weight excluding hydrogens is 436 g/mol. The van der Waals surface area contributed by atoms with Crippen molar-refractivity contribution >= 4 is 45.5 Å². The number of nitrogens with zero attached hydrogens (tertiary/aromatic N) is 1. The lowest BCUT2D eigenvalue weighted by Gasteiger charge is -2.26. The van der Waals surface area contributed by atoms with E-state index in [1.54, 1.807) is 36.4 Å². The molecule has 2 aromatic rings. The molecule has 1 saturated heterocycles. The summed E-state index contributed by atoms with van der Waals surface area (Å²) in [7, 11) is 0. The van der Waals surface area contributed by atoms with Crippen molar-refractivity contribution in [3.63, 3.8) is 0 Å². The average molecular weight is 455 g/mol. The molecule has 2 aromatic carbocycles. The lowest BCUT2D eigenvalue weighted by atomic mass is 10.1. The van der Waals surface area contributed by atoms with Gasteiger partial charge < -0.3 is 4.74 Å². The van der Waals surface area contributed by atoms with E-state index in [0.717, 1.165) is 21.4 Å². The smallest absolute Gasteiger partial charge is 0.335 e. The highest BCUT2D eigenvalue weighted by atomic mass is 79.9. The minimum atomic E-state index is -0.779. The third-order valence-electron chi connectivity index (χ3n) is 4.33. The van der Waals surface area contributed by atoms with Gasteiger partial charge in [0.05, 0.1) is 5.69 Å². The van der Waals surface area contributed by atoms with Gasteiger partial charge in [-0.2, -0.15) is 0 Å². The van der Waals surface area contributed by atoms with Crippen LogP contribution in [0.4, 0.5) is 10.5 Å². The maximum absolute atomic E-state index is 13.0. The van der Waals surface area contributed by atoms with Gasteiger partial charge in [0.25, 0.3) is 11.8 Å². The molecular formula is C22H19BrN2O4. The summed E-state index contributed by atoms with van der Waals surface area (Å²) in [5.41, 5.74) is 1.82. The van der Waals surface area contributed by atoms with Crippen molar-refractivity contribution in [3.05, 3.63) is 76.3 Å². The fourth-order valence-electron chi connectivity index (χ4n) is 2.84. The topological polar surface area (TPSA) is 75.7 Å². The normalized spacial score (nSPS) is 15.4. The largest absolute Gasteiger partial charge is 0.489 e. The van der Waals surface area contributed by atoms with Gasteiger partial charge in [-0.3, -0.25) is 14.9 Å². The molecule has 0 radical (unpaired) electrons. The Balaban J connectivity index is 2.01. The second-order valence-corrected chi connectivity index (χ2v) is 7.18. The summed E-state index contributed by atoms with van der Waals surface area (Å²) < 4.78 is 6.36. The van der Waals surface area contributed by atoms with Crippen LogP contribution >= 0.6 is 15.9 Å². The van der Waals surface area contributed by atoms with Crippen molar-refractivity contribution in [2.45, 2.75) is 13.3 Å². The Bertz CT molecular complexity index is 1010. The maximum Gasteiger partial charge on any atom is 0.335 e. The first kappa shape index (κ1) is 20.5. The van der Waals surface area contributed by atoms with Crippen molar-refractivity contribution in [2.75, 3.05) is 11.5 Å². The number of hydrogen-bond acceptors (Lipinski definition) is 4. The van der Waals surface area contributed by atoms with E-state index in [4.69, 9.17) is 4.74 Å². The van der Waals surface area contributed by atoms with Crippen LogP contribution in [0.25, 0.3) is 6.08 Å². The molecule has 1 N–H and O–H groups in total. The molecule has 0 spiro atoms. The zero-order valence-corrected chi connectivity index (χ0v) is 17.4. The van der Waals surface area contributed by atoms with Gasteiger partial charge >= 0.3 is 6.03 Å². The van der Waals surface area contributed by atoms with E-state index in [9.17, 15) is 14.4 Å². The molecule has 1 fully saturated rings. The molecule has 0 bridgehead atoms. The number of benzene rings is 2. The van der Waals surface area contributed by atoms with Gasteiger partial charge in [0, 0.05) is 10.0 Å². The van der Waals surface area contributed by atoms with Crippen LogP contribution in [0, 0.1) is 0 Å². The number of barbiturate groups is 1. The molecule has 7 heteroatoms. The fourth-order valence-corrected chi connectivity index (χ4v) is 3.22. The lowest BCUT2D eigenvalue weighted by Crippen LogP contribution is -2.54. The van der Waals surface area contributed by atoms with Crippen LogP contribution in [-0.4, -0.2) is 24.5 Å². The van der Waals surface area contributed by atoms with Gasteiger partial charge in [0.1, 0.15) is 17.9 Å². The van der Waals surface area contributed by atoms with E-state index in [2.05, 4.69) is 27.8 Å². The quantitative estimate of drug-likeness (QED) is 0.402. The van der Waals surface area contributed by atoms with Gasteiger partial charge in [-0.15, -0.1) is 0 Å². The summed E-state index contributed by atoms with van der Waals surface area (Å²) in [6.45, 7) is 5.90. The second kappa shape index (κ2) is 8.87. The summed E-state index contributed by atoms with van der Waals surface area (Å²) in [6, 6.07) is 11.5. The van der Waals surface area contributed by atoms with Gasteiger partial charge in [-0.25, -0.2) is 9.69 Å². The Hall–Kier alpha value is -3.19. The molecule has 148 valence electrons. The number of carbonyl (C=O) groups excluding carboxylic acids is 3. The van der Waals surface area contributed by atoms with E-state index >= 15 is 0 Å². The average Bonchev–Trinajstić information content (AvgIpc) is 2.71. The molecule has 1 aliphatic heterocycles. The van der Waals surface area contributed by atoms with E-state index in [0.29, 0.717) is 17.0 Å². The second-order valence-electron chi connectivity index (χ2n) is 6.26. The van der Waals surface area contributed by atoms with Gasteiger partial charge in [0.2, 0.25) is 0 Å². The monoisotopic (exact) mass is 454 g/mol. The Morgan fingerprint density at radius 1 is 1.14 bits per heavy atom. The minimum Gasteiger partial charge on any atom is -0.489 e. The van der Waals surface area contributed by atoms with Crippen LogP contribution in [0.1, 0.15) is 18.1 Å². The number of rotatable bonds is 6. The van der Waals surface area contributed by atoms with Crippen molar-refractivity contribution in [2.24, 2.45) is 0 Å². The van der Waals surface area contributed by atoms with E-state index in [-0.39, 0.29) is 12.2 Å². The number of nitrogens with one attached hydrogen (secondary N) is 1. The molecule has 3 rings (SSSR count). The van der Waals surface area contributed by atoms with Gasteiger partial charge in [-0.1, -0.05) is 47.6 Å². The summed E-state index contributed by atoms with van der Waals surface area (Å²) in [5, 5.41) is 2.22. The Morgan fingerprint density at radius 2 is 1.86 bits per heavy atom. The Morgan fingerprint density at radius 3 is 2.52 bits per heavy atom. The van der Waals surface area contributed by atoms with Crippen molar-refractivity contribution in [3.8, 4) is 5.75 Å². The SMILES string of the molecule is C=CCOc1ccc(Br)cc1/C=C1\C(=O)NC(=O)N(c2ccc(CC)cc2)C1=O. The lowest BCUT2D eigenvalue weighted by molar-refractivity contribution is -0.122. The maximum atomic E-state index is 13.0. The van der Waals surface area contributed by atoms with E-state index < -0.39 is 17.8 Å². The zero-order chi connectivity index (χ0) is 21.0. The van der Waals surface area contributed by atoms with Crippen molar-refractivity contribution in [1.29, 1.82) is 0 Å². The highest BCUT2D eigenvalue weighted by molar-refractivity contribution is 9.10. The van der Waals surface area contributed by atoms with E-state index in [1.165, 1.54) is 6.08 Å². The zero-order valence-electron chi connectivity index (χ0n) is 15.8. The number of imide groups is 2. The van der Waals surface area contributed by atoms with Crippen molar-refractivity contribution in [1.82, 2.24) is 5.32 Å².